The van der Waals surface area contributed by atoms with E-state index in [1.54, 1.807) is 32.5 Å². The second-order valence-electron chi connectivity index (χ2n) is 4.14. The normalized spacial score (nSPS) is 11.3. The smallest absolute Gasteiger partial charge is 0.241 e. The van der Waals surface area contributed by atoms with Crippen LogP contribution < -0.4 is 10.6 Å². The van der Waals surface area contributed by atoms with Crippen molar-refractivity contribution < 1.29 is 4.79 Å². The van der Waals surface area contributed by atoms with Crippen molar-refractivity contribution in [2.45, 2.75) is 19.9 Å². The number of likely N-dealkylation sites (N-methyl/N-ethyl adjacent to an activating group) is 1. The molecule has 106 valence electrons. The second kappa shape index (κ2) is 7.73. The first-order valence-electron chi connectivity index (χ1n) is 6.15. The molecular formula is C12H21N5OS. The van der Waals surface area contributed by atoms with Crippen LogP contribution in [0.1, 0.15) is 16.8 Å². The number of carbonyl (C=O) groups excluding carboxylic acids is 1. The van der Waals surface area contributed by atoms with Crippen molar-refractivity contribution in [2.24, 2.45) is 4.99 Å². The number of nitrogens with zero attached hydrogens (tertiary/aromatic N) is 3. The molecule has 0 aliphatic carbocycles. The fraction of sp³-hybridized carbons (Fsp3) is 0.583. The van der Waals surface area contributed by atoms with Crippen LogP contribution in [0.3, 0.4) is 0 Å². The Labute approximate surface area is 117 Å². The van der Waals surface area contributed by atoms with Crippen molar-refractivity contribution in [2.75, 3.05) is 27.7 Å². The van der Waals surface area contributed by atoms with Crippen LogP contribution in [0.15, 0.2) is 11.2 Å². The molecule has 0 spiro atoms. The maximum Gasteiger partial charge on any atom is 0.241 e. The third-order valence-electron chi connectivity index (χ3n) is 2.49. The summed E-state index contributed by atoms with van der Waals surface area (Å²) in [5.41, 5.74) is 0. The number of nitrogens with one attached hydrogen (secondary N) is 2. The molecule has 19 heavy (non-hydrogen) atoms. The summed E-state index contributed by atoms with van der Waals surface area (Å²) < 4.78 is 0. The number of aryl methyl sites for hydroxylation is 1. The molecule has 0 fully saturated rings. The monoisotopic (exact) mass is 283 g/mol. The molecule has 0 aliphatic rings. The van der Waals surface area contributed by atoms with Crippen molar-refractivity contribution in [3.05, 3.63) is 16.1 Å². The van der Waals surface area contributed by atoms with Gasteiger partial charge < -0.3 is 15.5 Å². The minimum absolute atomic E-state index is 0.00506. The molecule has 0 bridgehead atoms. The lowest BCUT2D eigenvalue weighted by molar-refractivity contribution is -0.127. The topological polar surface area (TPSA) is 69.6 Å². The molecule has 1 rings (SSSR count). The number of amides is 1. The van der Waals surface area contributed by atoms with E-state index < -0.39 is 0 Å². The number of carbonyl (C=O) groups is 1. The molecule has 1 amide bonds. The molecule has 0 atom stereocenters. The summed E-state index contributed by atoms with van der Waals surface area (Å²) in [6.07, 6.45) is 2.90. The number of aliphatic imine (C=N–C) groups is 1. The van der Waals surface area contributed by atoms with Gasteiger partial charge in [-0.2, -0.15) is 0 Å². The van der Waals surface area contributed by atoms with Gasteiger partial charge in [-0.15, -0.1) is 11.3 Å². The van der Waals surface area contributed by atoms with Crippen LogP contribution in [0.25, 0.3) is 0 Å². The first-order valence-corrected chi connectivity index (χ1v) is 6.96. The summed E-state index contributed by atoms with van der Waals surface area (Å²) in [6, 6.07) is 0. The maximum absolute atomic E-state index is 11.4. The highest BCUT2D eigenvalue weighted by molar-refractivity contribution is 7.11. The summed E-state index contributed by atoms with van der Waals surface area (Å²) >= 11 is 1.68. The fourth-order valence-electron chi connectivity index (χ4n) is 1.29. The van der Waals surface area contributed by atoms with E-state index in [0.717, 1.165) is 11.4 Å². The van der Waals surface area contributed by atoms with Gasteiger partial charge in [-0.05, 0) is 6.42 Å². The lowest BCUT2D eigenvalue weighted by atomic mass is 10.4. The summed E-state index contributed by atoms with van der Waals surface area (Å²) in [5.74, 6) is 0.605. The quantitative estimate of drug-likeness (QED) is 0.608. The van der Waals surface area contributed by atoms with Gasteiger partial charge in [-0.3, -0.25) is 9.79 Å². The van der Waals surface area contributed by atoms with Crippen LogP contribution in [0.4, 0.5) is 0 Å². The number of rotatable bonds is 5. The zero-order chi connectivity index (χ0) is 14.3. The molecule has 1 aromatic heterocycles. The first-order chi connectivity index (χ1) is 9.06. The molecule has 6 nitrogen and oxygen atoms in total. The minimum Gasteiger partial charge on any atom is -0.350 e. The highest BCUT2D eigenvalue weighted by Gasteiger charge is 2.06. The van der Waals surface area contributed by atoms with E-state index in [-0.39, 0.29) is 12.5 Å². The Hall–Kier alpha value is -1.63. The van der Waals surface area contributed by atoms with Crippen molar-refractivity contribution in [1.82, 2.24) is 20.5 Å². The standard InChI is InChI=1S/C12H21N5OS/c1-5-9-6-14-10(19-9)7-15-12(13-2)16-8-11(18)17(3)4/h6H,5,7-8H2,1-4H3,(H2,13,15,16). The van der Waals surface area contributed by atoms with Gasteiger partial charge in [0.05, 0.1) is 13.1 Å². The Kier molecular flexibility index (Phi) is 6.27. The van der Waals surface area contributed by atoms with Gasteiger partial charge in [0.25, 0.3) is 0 Å². The van der Waals surface area contributed by atoms with Crippen molar-refractivity contribution in [3.8, 4) is 0 Å². The Morgan fingerprint density at radius 1 is 1.47 bits per heavy atom. The third kappa shape index (κ3) is 5.25. The molecule has 7 heteroatoms. The number of guanidine groups is 1. The minimum atomic E-state index is 0.00506. The number of hydrogen-bond donors (Lipinski definition) is 2. The SMILES string of the molecule is CCc1cnc(CNC(=NC)NCC(=O)N(C)C)s1. The van der Waals surface area contributed by atoms with Crippen LogP contribution in [0.2, 0.25) is 0 Å². The molecule has 0 radical (unpaired) electrons. The summed E-state index contributed by atoms with van der Waals surface area (Å²) in [4.78, 5) is 22.6. The van der Waals surface area contributed by atoms with Gasteiger partial charge in [0.1, 0.15) is 5.01 Å². The van der Waals surface area contributed by atoms with Crippen molar-refractivity contribution in [3.63, 3.8) is 0 Å². The number of hydrogen-bond acceptors (Lipinski definition) is 4. The molecule has 0 saturated heterocycles. The predicted molar refractivity (Wildman–Crippen MR) is 78.4 cm³/mol. The van der Waals surface area contributed by atoms with E-state index in [4.69, 9.17) is 0 Å². The molecule has 0 unspecified atom stereocenters. The van der Waals surface area contributed by atoms with E-state index in [1.807, 2.05) is 6.20 Å². The molecule has 0 saturated carbocycles. The predicted octanol–water partition coefficient (Wildman–Crippen LogP) is 0.459. The Balaban J connectivity index is 2.39. The molecule has 1 aromatic rings. The Bertz CT molecular complexity index is 441. The summed E-state index contributed by atoms with van der Waals surface area (Å²) in [5, 5.41) is 7.11. The molecule has 1 heterocycles. The second-order valence-corrected chi connectivity index (χ2v) is 5.34. The lowest BCUT2D eigenvalue weighted by Crippen LogP contribution is -2.42. The third-order valence-corrected chi connectivity index (χ3v) is 3.63. The average Bonchev–Trinajstić information content (AvgIpc) is 2.86. The largest absolute Gasteiger partial charge is 0.350 e. The van der Waals surface area contributed by atoms with Gasteiger partial charge in [0, 0.05) is 32.2 Å². The van der Waals surface area contributed by atoms with Crippen LogP contribution in [0, 0.1) is 0 Å². The number of aromatic nitrogens is 1. The highest BCUT2D eigenvalue weighted by atomic mass is 32.1. The van der Waals surface area contributed by atoms with E-state index in [0.29, 0.717) is 12.5 Å². The molecule has 0 aliphatic heterocycles. The van der Waals surface area contributed by atoms with E-state index in [2.05, 4.69) is 27.5 Å². The Morgan fingerprint density at radius 2 is 2.21 bits per heavy atom. The van der Waals surface area contributed by atoms with Crippen molar-refractivity contribution in [1.29, 1.82) is 0 Å². The van der Waals surface area contributed by atoms with Crippen LogP contribution in [-0.4, -0.2) is 49.4 Å². The van der Waals surface area contributed by atoms with Gasteiger partial charge in [0.2, 0.25) is 5.91 Å². The van der Waals surface area contributed by atoms with Crippen molar-refractivity contribution >= 4 is 23.2 Å². The van der Waals surface area contributed by atoms with Crippen LogP contribution in [0.5, 0.6) is 0 Å². The highest BCUT2D eigenvalue weighted by Crippen LogP contribution is 2.12. The van der Waals surface area contributed by atoms with Crippen LogP contribution >= 0.6 is 11.3 Å². The molecule has 0 aromatic carbocycles. The summed E-state index contributed by atoms with van der Waals surface area (Å²) in [7, 11) is 5.12. The van der Waals surface area contributed by atoms with E-state index in [1.165, 1.54) is 9.78 Å². The zero-order valence-corrected chi connectivity index (χ0v) is 12.7. The maximum atomic E-state index is 11.4. The fourth-order valence-corrected chi connectivity index (χ4v) is 2.09. The summed E-state index contributed by atoms with van der Waals surface area (Å²) in [6.45, 7) is 2.95. The average molecular weight is 283 g/mol. The number of thiazole rings is 1. The first kappa shape index (κ1) is 15.4. The molecule has 2 N–H and O–H groups in total. The lowest BCUT2D eigenvalue weighted by Gasteiger charge is -2.13. The Morgan fingerprint density at radius 3 is 2.74 bits per heavy atom. The van der Waals surface area contributed by atoms with Gasteiger partial charge in [-0.1, -0.05) is 6.92 Å². The van der Waals surface area contributed by atoms with Gasteiger partial charge in [0.15, 0.2) is 5.96 Å². The zero-order valence-electron chi connectivity index (χ0n) is 11.9. The van der Waals surface area contributed by atoms with Gasteiger partial charge in [-0.25, -0.2) is 4.98 Å². The molecular weight excluding hydrogens is 262 g/mol. The van der Waals surface area contributed by atoms with Gasteiger partial charge >= 0.3 is 0 Å². The van der Waals surface area contributed by atoms with E-state index in [9.17, 15) is 4.79 Å². The van der Waals surface area contributed by atoms with E-state index >= 15 is 0 Å². The van der Waals surface area contributed by atoms with Crippen LogP contribution in [-0.2, 0) is 17.8 Å².